The van der Waals surface area contributed by atoms with E-state index in [1.54, 1.807) is 6.20 Å². The predicted octanol–water partition coefficient (Wildman–Crippen LogP) is 4.34. The zero-order chi connectivity index (χ0) is 28.1. The molecule has 2 saturated heterocycles. The fraction of sp³-hybridized carbons (Fsp3) is 0.567. The minimum Gasteiger partial charge on any atom is -0.341 e. The first-order valence-electron chi connectivity index (χ1n) is 13.8. The fourth-order valence-electron chi connectivity index (χ4n) is 6.24. The summed E-state index contributed by atoms with van der Waals surface area (Å²) in [7, 11) is 0. The molecule has 7 nitrogen and oxygen atoms in total. The van der Waals surface area contributed by atoms with Crippen molar-refractivity contribution in [2.24, 2.45) is 5.41 Å². The first-order valence-corrected chi connectivity index (χ1v) is 13.8. The van der Waals surface area contributed by atoms with Gasteiger partial charge >= 0.3 is 0 Å². The van der Waals surface area contributed by atoms with Crippen LogP contribution in [-0.4, -0.2) is 78.0 Å². The molecular weight excluding hydrogens is 571 g/mol. The molecule has 0 bridgehead atoms. The van der Waals surface area contributed by atoms with Crippen LogP contribution in [0, 0.1) is 17.0 Å². The summed E-state index contributed by atoms with van der Waals surface area (Å²) in [5.41, 5.74) is 2.46. The van der Waals surface area contributed by atoms with E-state index >= 15 is 0 Å². The van der Waals surface area contributed by atoms with E-state index in [0.717, 1.165) is 37.0 Å². The average molecular weight is 613 g/mol. The molecule has 0 aliphatic carbocycles. The summed E-state index contributed by atoms with van der Waals surface area (Å²) in [6.07, 6.45) is 2.55. The van der Waals surface area contributed by atoms with E-state index < -0.39 is 11.6 Å². The number of anilines is 1. The molecule has 1 N–H and O–H groups in total. The van der Waals surface area contributed by atoms with Gasteiger partial charge in [0.2, 0.25) is 11.8 Å². The first kappa shape index (κ1) is 33.2. The van der Waals surface area contributed by atoms with E-state index in [0.29, 0.717) is 30.8 Å². The molecule has 0 saturated carbocycles. The van der Waals surface area contributed by atoms with Crippen molar-refractivity contribution >= 4 is 42.3 Å². The Morgan fingerprint density at radius 3 is 2.51 bits per heavy atom. The van der Waals surface area contributed by atoms with Gasteiger partial charge in [-0.2, -0.15) is 0 Å². The van der Waals surface area contributed by atoms with Crippen molar-refractivity contribution in [1.29, 1.82) is 0 Å². The van der Waals surface area contributed by atoms with Crippen LogP contribution in [0.1, 0.15) is 57.9 Å². The second kappa shape index (κ2) is 12.5. The largest absolute Gasteiger partial charge is 0.341 e. The molecule has 41 heavy (non-hydrogen) atoms. The summed E-state index contributed by atoms with van der Waals surface area (Å²) in [4.78, 5) is 37.0. The SMILES string of the molecule is C[C@@H]1CN(CC(=O)N2CC(C)(C)c3cnc(Cc4ccc(F)cc4F)cc32)[C@@H](CN2CC(C)(C)CC2=O)CN1.Cl.Cl. The molecule has 2 aromatic rings. The van der Waals surface area contributed by atoms with Crippen molar-refractivity contribution in [2.75, 3.05) is 44.2 Å². The van der Waals surface area contributed by atoms with Crippen LogP contribution in [0.3, 0.4) is 0 Å². The van der Waals surface area contributed by atoms with Crippen molar-refractivity contribution in [2.45, 2.75) is 65.0 Å². The molecule has 0 spiro atoms. The molecule has 5 rings (SSSR count). The number of amides is 2. The summed E-state index contributed by atoms with van der Waals surface area (Å²) < 4.78 is 27.7. The molecule has 3 aliphatic heterocycles. The van der Waals surface area contributed by atoms with E-state index in [2.05, 4.69) is 49.8 Å². The maximum atomic E-state index is 14.3. The Bertz CT molecular complexity index is 1290. The number of hydrogen-bond acceptors (Lipinski definition) is 5. The Balaban J connectivity index is 0.00000231. The molecule has 11 heteroatoms. The van der Waals surface area contributed by atoms with Crippen LogP contribution < -0.4 is 10.2 Å². The van der Waals surface area contributed by atoms with Gasteiger partial charge in [-0.15, -0.1) is 24.8 Å². The zero-order valence-electron chi connectivity index (χ0n) is 24.4. The second-order valence-corrected chi connectivity index (χ2v) is 13.0. The van der Waals surface area contributed by atoms with E-state index in [4.69, 9.17) is 0 Å². The van der Waals surface area contributed by atoms with Gasteiger partial charge < -0.3 is 15.1 Å². The Kier molecular flexibility index (Phi) is 10.1. The number of carbonyl (C=O) groups excluding carboxylic acids is 2. The highest BCUT2D eigenvalue weighted by Gasteiger charge is 2.41. The summed E-state index contributed by atoms with van der Waals surface area (Å²) in [5, 5.41) is 3.51. The molecule has 1 aromatic heterocycles. The van der Waals surface area contributed by atoms with Gasteiger partial charge in [0, 0.05) is 86.6 Å². The van der Waals surface area contributed by atoms with E-state index in [1.165, 1.54) is 12.1 Å². The normalized spacial score (nSPS) is 23.1. The minimum atomic E-state index is -0.616. The van der Waals surface area contributed by atoms with Gasteiger partial charge in [0.25, 0.3) is 0 Å². The number of fused-ring (bicyclic) bond motifs is 1. The van der Waals surface area contributed by atoms with E-state index in [1.807, 2.05) is 15.9 Å². The van der Waals surface area contributed by atoms with Gasteiger partial charge in [0.15, 0.2) is 0 Å². The molecule has 2 atom stereocenters. The van der Waals surface area contributed by atoms with Crippen molar-refractivity contribution in [1.82, 2.24) is 20.1 Å². The Morgan fingerprint density at radius 2 is 1.85 bits per heavy atom. The van der Waals surface area contributed by atoms with Crippen LogP contribution in [0.15, 0.2) is 30.5 Å². The molecule has 1 aromatic carbocycles. The number of nitrogens with one attached hydrogen (secondary N) is 1. The summed E-state index contributed by atoms with van der Waals surface area (Å²) in [6, 6.07) is 5.71. The standard InChI is InChI=1S/C30H39F2N5O2.2ClH/c1-19-14-35(23(12-33-19)15-36-17-29(2,3)11-27(36)38)16-28(39)37-18-30(4,5)24-13-34-22(10-26(24)37)8-20-6-7-21(31)9-25(20)32;;/h6-7,9-10,13,19,23,33H,8,11-12,14-18H2,1-5H3;2*1H/t19-,23-;;/m1../s1. The van der Waals surface area contributed by atoms with Crippen molar-refractivity contribution in [3.63, 3.8) is 0 Å². The highest BCUT2D eigenvalue weighted by Crippen LogP contribution is 2.41. The molecule has 2 fully saturated rings. The van der Waals surface area contributed by atoms with E-state index in [-0.39, 0.29) is 72.5 Å². The number of likely N-dealkylation sites (tertiary alicyclic amines) is 1. The Hall–Kier alpha value is -2.33. The van der Waals surface area contributed by atoms with Gasteiger partial charge in [0.05, 0.1) is 12.2 Å². The van der Waals surface area contributed by atoms with Crippen molar-refractivity contribution < 1.29 is 18.4 Å². The highest BCUT2D eigenvalue weighted by atomic mass is 35.5. The molecule has 2 amide bonds. The minimum absolute atomic E-state index is 0. The number of benzene rings is 1. The Labute approximate surface area is 253 Å². The third-order valence-corrected chi connectivity index (χ3v) is 8.30. The number of halogens is 4. The number of pyridine rings is 1. The summed E-state index contributed by atoms with van der Waals surface area (Å²) in [6.45, 7) is 14.1. The maximum absolute atomic E-state index is 14.3. The lowest BCUT2D eigenvalue weighted by molar-refractivity contribution is -0.128. The molecule has 226 valence electrons. The van der Waals surface area contributed by atoms with Gasteiger partial charge in [0.1, 0.15) is 11.6 Å². The number of carbonyl (C=O) groups is 2. The van der Waals surface area contributed by atoms with Crippen molar-refractivity contribution in [3.8, 4) is 0 Å². The van der Waals surface area contributed by atoms with Gasteiger partial charge in [-0.05, 0) is 30.0 Å². The predicted molar refractivity (Wildman–Crippen MR) is 161 cm³/mol. The third-order valence-electron chi connectivity index (χ3n) is 8.30. The molecule has 0 unspecified atom stereocenters. The first-order chi connectivity index (χ1) is 18.3. The fourth-order valence-corrected chi connectivity index (χ4v) is 6.24. The van der Waals surface area contributed by atoms with Crippen LogP contribution in [0.4, 0.5) is 14.5 Å². The molecule has 0 radical (unpaired) electrons. The topological polar surface area (TPSA) is 68.8 Å². The van der Waals surface area contributed by atoms with Gasteiger partial charge in [-0.3, -0.25) is 19.5 Å². The smallest absolute Gasteiger partial charge is 0.241 e. The molecule has 4 heterocycles. The quantitative estimate of drug-likeness (QED) is 0.526. The number of aromatic nitrogens is 1. The van der Waals surface area contributed by atoms with Gasteiger partial charge in [-0.1, -0.05) is 33.8 Å². The van der Waals surface area contributed by atoms with Crippen LogP contribution in [0.5, 0.6) is 0 Å². The van der Waals surface area contributed by atoms with Gasteiger partial charge in [-0.25, -0.2) is 8.78 Å². The Morgan fingerprint density at radius 1 is 1.12 bits per heavy atom. The zero-order valence-corrected chi connectivity index (χ0v) is 26.0. The van der Waals surface area contributed by atoms with Crippen molar-refractivity contribution in [3.05, 3.63) is 58.9 Å². The number of nitrogens with zero attached hydrogens (tertiary/aromatic N) is 4. The number of piperazine rings is 1. The van der Waals surface area contributed by atoms with Crippen LogP contribution in [0.25, 0.3) is 0 Å². The van der Waals surface area contributed by atoms with Crippen LogP contribution in [-0.2, 0) is 21.4 Å². The average Bonchev–Trinajstić information content (AvgIpc) is 3.27. The maximum Gasteiger partial charge on any atom is 0.241 e. The van der Waals surface area contributed by atoms with E-state index in [9.17, 15) is 18.4 Å². The third kappa shape index (κ3) is 7.19. The highest BCUT2D eigenvalue weighted by molar-refractivity contribution is 5.97. The summed E-state index contributed by atoms with van der Waals surface area (Å²) >= 11 is 0. The second-order valence-electron chi connectivity index (χ2n) is 13.0. The molecule has 3 aliphatic rings. The number of rotatable bonds is 6. The van der Waals surface area contributed by atoms with Crippen LogP contribution in [0.2, 0.25) is 0 Å². The lowest BCUT2D eigenvalue weighted by Gasteiger charge is -2.41. The van der Waals surface area contributed by atoms with Crippen LogP contribution >= 0.6 is 24.8 Å². The lowest BCUT2D eigenvalue weighted by Crippen LogP contribution is -2.61. The lowest BCUT2D eigenvalue weighted by atomic mass is 9.88. The monoisotopic (exact) mass is 611 g/mol. The number of hydrogen-bond donors (Lipinski definition) is 1. The summed E-state index contributed by atoms with van der Waals surface area (Å²) in [5.74, 6) is -1.05. The molecular formula is C30H41Cl2F2N5O2.